The van der Waals surface area contributed by atoms with Gasteiger partial charge in [0.15, 0.2) is 0 Å². The third-order valence-corrected chi connectivity index (χ3v) is 4.53. The number of carbonyl (C=O) groups is 1. The molecule has 138 valence electrons. The van der Waals surface area contributed by atoms with E-state index >= 15 is 0 Å². The molecule has 3 rings (SSSR count). The van der Waals surface area contributed by atoms with Crippen molar-refractivity contribution in [1.29, 1.82) is 5.26 Å². The largest absolute Gasteiger partial charge is 0.496 e. The number of nitrogens with zero attached hydrogens (tertiary/aromatic N) is 3. The highest BCUT2D eigenvalue weighted by atomic mass is 16.5. The zero-order valence-electron chi connectivity index (χ0n) is 15.2. The van der Waals surface area contributed by atoms with Gasteiger partial charge in [-0.2, -0.15) is 5.26 Å². The second-order valence-electron chi connectivity index (χ2n) is 6.24. The number of amides is 1. The van der Waals surface area contributed by atoms with Crippen molar-refractivity contribution in [2.45, 2.75) is 18.9 Å². The van der Waals surface area contributed by atoms with Crippen molar-refractivity contribution < 1.29 is 14.3 Å². The fraction of sp³-hybridized carbons (Fsp3) is 0.286. The predicted octanol–water partition coefficient (Wildman–Crippen LogP) is 3.18. The van der Waals surface area contributed by atoms with E-state index < -0.39 is 0 Å². The molecule has 0 spiro atoms. The summed E-state index contributed by atoms with van der Waals surface area (Å²) in [4.78, 5) is 18.0. The molecule has 0 radical (unpaired) electrons. The summed E-state index contributed by atoms with van der Waals surface area (Å²) in [6.07, 6.45) is 2.70. The average Bonchev–Trinajstić information content (AvgIpc) is 2.73. The van der Waals surface area contributed by atoms with Gasteiger partial charge in [-0.1, -0.05) is 18.7 Å². The lowest BCUT2D eigenvalue weighted by molar-refractivity contribution is -0.127. The maximum Gasteiger partial charge on any atom is 0.245 e. The van der Waals surface area contributed by atoms with E-state index in [9.17, 15) is 10.1 Å². The van der Waals surface area contributed by atoms with Crippen LogP contribution in [-0.2, 0) is 4.79 Å². The first kappa shape index (κ1) is 18.5. The summed E-state index contributed by atoms with van der Waals surface area (Å²) >= 11 is 0. The minimum atomic E-state index is -0.0588. The maximum absolute atomic E-state index is 11.7. The molecule has 0 aliphatic carbocycles. The van der Waals surface area contributed by atoms with Crippen LogP contribution in [0.3, 0.4) is 0 Å². The summed E-state index contributed by atoms with van der Waals surface area (Å²) in [7, 11) is 1.60. The minimum absolute atomic E-state index is 0.0502. The van der Waals surface area contributed by atoms with E-state index in [1.807, 2.05) is 24.3 Å². The Morgan fingerprint density at radius 3 is 2.74 bits per heavy atom. The molecule has 1 saturated heterocycles. The number of rotatable bonds is 5. The molecule has 2 aromatic rings. The molecule has 27 heavy (non-hydrogen) atoms. The lowest BCUT2D eigenvalue weighted by Gasteiger charge is -2.31. The van der Waals surface area contributed by atoms with Crippen LogP contribution in [0.5, 0.6) is 11.6 Å². The van der Waals surface area contributed by atoms with E-state index in [-0.39, 0.29) is 12.0 Å². The van der Waals surface area contributed by atoms with E-state index in [0.29, 0.717) is 48.8 Å². The number of methoxy groups -OCH3 is 1. The molecule has 1 aromatic heterocycles. The minimum Gasteiger partial charge on any atom is -0.496 e. The Morgan fingerprint density at radius 2 is 2.07 bits per heavy atom. The lowest BCUT2D eigenvalue weighted by Crippen LogP contribution is -2.41. The van der Waals surface area contributed by atoms with Crippen molar-refractivity contribution in [3.8, 4) is 29.0 Å². The van der Waals surface area contributed by atoms with Crippen LogP contribution in [0.25, 0.3) is 11.3 Å². The van der Waals surface area contributed by atoms with Gasteiger partial charge in [0.25, 0.3) is 0 Å². The molecule has 1 fully saturated rings. The van der Waals surface area contributed by atoms with Crippen LogP contribution >= 0.6 is 0 Å². The molecule has 0 N–H and O–H groups in total. The number of hydrogen-bond donors (Lipinski definition) is 0. The number of piperidine rings is 1. The summed E-state index contributed by atoms with van der Waals surface area (Å²) in [5, 5.41) is 9.37. The van der Waals surface area contributed by atoms with E-state index in [2.05, 4.69) is 17.6 Å². The van der Waals surface area contributed by atoms with Gasteiger partial charge < -0.3 is 14.4 Å². The van der Waals surface area contributed by atoms with Crippen LogP contribution in [0.15, 0.2) is 49.1 Å². The Kier molecular flexibility index (Phi) is 5.72. The fourth-order valence-electron chi connectivity index (χ4n) is 3.12. The Balaban J connectivity index is 1.80. The van der Waals surface area contributed by atoms with Crippen LogP contribution in [0.1, 0.15) is 18.4 Å². The van der Waals surface area contributed by atoms with Gasteiger partial charge in [0.05, 0.1) is 24.4 Å². The van der Waals surface area contributed by atoms with Gasteiger partial charge in [-0.15, -0.1) is 0 Å². The number of benzene rings is 1. The first-order valence-electron chi connectivity index (χ1n) is 8.78. The van der Waals surface area contributed by atoms with Gasteiger partial charge in [-0.3, -0.25) is 4.79 Å². The molecular formula is C21H21N3O3. The zero-order valence-corrected chi connectivity index (χ0v) is 15.2. The number of nitriles is 1. The third kappa shape index (κ3) is 4.26. The van der Waals surface area contributed by atoms with Crippen LogP contribution in [0, 0.1) is 11.3 Å². The first-order chi connectivity index (χ1) is 13.1. The third-order valence-electron chi connectivity index (χ3n) is 4.53. The van der Waals surface area contributed by atoms with Crippen LogP contribution in [-0.4, -0.2) is 42.1 Å². The first-order valence-corrected chi connectivity index (χ1v) is 8.78. The molecular weight excluding hydrogens is 342 g/mol. The molecule has 0 atom stereocenters. The molecule has 0 saturated carbocycles. The Morgan fingerprint density at radius 1 is 1.33 bits per heavy atom. The van der Waals surface area contributed by atoms with E-state index in [0.717, 1.165) is 5.56 Å². The normalized spacial score (nSPS) is 14.3. The smallest absolute Gasteiger partial charge is 0.245 e. The van der Waals surface area contributed by atoms with E-state index in [1.165, 1.54) is 6.08 Å². The Hall–Kier alpha value is -3.33. The van der Waals surface area contributed by atoms with Crippen molar-refractivity contribution in [2.24, 2.45) is 0 Å². The molecule has 6 heteroatoms. The number of para-hydroxylation sites is 1. The summed E-state index contributed by atoms with van der Waals surface area (Å²) in [5.74, 6) is 1.03. The standard InChI is InChI=1S/C21H21N3O3/c1-3-21(25)24-10-8-16(9-11-24)27-20-13-15(14-22)12-18(23-20)17-6-4-5-7-19(17)26-2/h3-7,12-13,16H,1,8-11H2,2H3. The van der Waals surface area contributed by atoms with Crippen molar-refractivity contribution in [1.82, 2.24) is 9.88 Å². The van der Waals surface area contributed by atoms with Crippen LogP contribution in [0.4, 0.5) is 0 Å². The molecule has 2 heterocycles. The van der Waals surface area contributed by atoms with Crippen LogP contribution in [0.2, 0.25) is 0 Å². The second-order valence-corrected chi connectivity index (χ2v) is 6.24. The Bertz CT molecular complexity index is 880. The topological polar surface area (TPSA) is 75.5 Å². The van der Waals surface area contributed by atoms with Gasteiger partial charge in [0.1, 0.15) is 11.9 Å². The van der Waals surface area contributed by atoms with Crippen LogP contribution < -0.4 is 9.47 Å². The number of carbonyl (C=O) groups excluding carboxylic acids is 1. The van der Waals surface area contributed by atoms with Gasteiger partial charge >= 0.3 is 0 Å². The van der Waals surface area contributed by atoms with Gasteiger partial charge in [-0.05, 0) is 24.3 Å². The summed E-state index contributed by atoms with van der Waals surface area (Å²) in [6.45, 7) is 4.76. The number of likely N-dealkylation sites (tertiary alicyclic amines) is 1. The predicted molar refractivity (Wildman–Crippen MR) is 101 cm³/mol. The summed E-state index contributed by atoms with van der Waals surface area (Å²) in [6, 6.07) is 13.0. The van der Waals surface area contributed by atoms with Crippen molar-refractivity contribution >= 4 is 5.91 Å². The quantitative estimate of drug-likeness (QED) is 0.763. The Labute approximate surface area is 158 Å². The molecule has 0 bridgehead atoms. The summed E-state index contributed by atoms with van der Waals surface area (Å²) in [5.41, 5.74) is 1.90. The van der Waals surface area contributed by atoms with Crippen molar-refractivity contribution in [3.63, 3.8) is 0 Å². The maximum atomic E-state index is 11.7. The highest BCUT2D eigenvalue weighted by molar-refractivity contribution is 5.87. The van der Waals surface area contributed by atoms with Gasteiger partial charge in [0, 0.05) is 37.6 Å². The second kappa shape index (κ2) is 8.37. The zero-order chi connectivity index (χ0) is 19.2. The monoisotopic (exact) mass is 363 g/mol. The molecule has 0 unspecified atom stereocenters. The fourth-order valence-corrected chi connectivity index (χ4v) is 3.12. The van der Waals surface area contributed by atoms with Crippen molar-refractivity contribution in [2.75, 3.05) is 20.2 Å². The molecule has 6 nitrogen and oxygen atoms in total. The number of aromatic nitrogens is 1. The molecule has 1 aromatic carbocycles. The molecule has 1 amide bonds. The number of ether oxygens (including phenoxy) is 2. The van der Waals surface area contributed by atoms with E-state index in [4.69, 9.17) is 9.47 Å². The highest BCUT2D eigenvalue weighted by Gasteiger charge is 2.23. The average molecular weight is 363 g/mol. The SMILES string of the molecule is C=CC(=O)N1CCC(Oc2cc(C#N)cc(-c3ccccc3OC)n2)CC1. The lowest BCUT2D eigenvalue weighted by atomic mass is 10.1. The number of hydrogen-bond acceptors (Lipinski definition) is 5. The molecule has 1 aliphatic heterocycles. The van der Waals surface area contributed by atoms with Crippen molar-refractivity contribution in [3.05, 3.63) is 54.6 Å². The molecule has 1 aliphatic rings. The highest BCUT2D eigenvalue weighted by Crippen LogP contribution is 2.31. The summed E-state index contributed by atoms with van der Waals surface area (Å²) < 4.78 is 11.4. The van der Waals surface area contributed by atoms with Gasteiger partial charge in [0.2, 0.25) is 11.8 Å². The number of pyridine rings is 1. The van der Waals surface area contributed by atoms with E-state index in [1.54, 1.807) is 24.1 Å². The van der Waals surface area contributed by atoms with Gasteiger partial charge in [-0.25, -0.2) is 4.98 Å².